The Morgan fingerprint density at radius 2 is 1.88 bits per heavy atom. The molecule has 0 saturated heterocycles. The minimum Gasteiger partial charge on any atom is -0.273 e. The predicted molar refractivity (Wildman–Crippen MR) is 100 cm³/mol. The predicted octanol–water partition coefficient (Wildman–Crippen LogP) is 4.83. The zero-order valence-corrected chi connectivity index (χ0v) is 14.8. The number of anilines is 2. The minimum absolute atomic E-state index is 0.0942. The van der Waals surface area contributed by atoms with Gasteiger partial charge in [-0.3, -0.25) is 9.69 Å². The number of nitrogens with zero attached hydrogens (tertiary/aromatic N) is 2. The van der Waals surface area contributed by atoms with Gasteiger partial charge in [-0.15, -0.1) is 23.1 Å². The number of benzene rings is 2. The number of hydrogen-bond acceptors (Lipinski definition) is 4. The molecule has 3 aromatic rings. The van der Waals surface area contributed by atoms with Crippen LogP contribution in [0.4, 0.5) is 10.8 Å². The summed E-state index contributed by atoms with van der Waals surface area (Å²) in [7, 11) is 0. The molecule has 0 saturated carbocycles. The van der Waals surface area contributed by atoms with E-state index in [1.807, 2.05) is 54.8 Å². The Hall–Kier alpha value is -2.11. The van der Waals surface area contributed by atoms with Gasteiger partial charge in [-0.05, 0) is 37.1 Å². The van der Waals surface area contributed by atoms with Crippen LogP contribution in [-0.4, -0.2) is 16.1 Å². The number of hydrogen-bond donors (Lipinski definition) is 0. The van der Waals surface area contributed by atoms with Gasteiger partial charge in [-0.1, -0.05) is 36.4 Å². The van der Waals surface area contributed by atoms with Crippen LogP contribution in [0.1, 0.15) is 11.3 Å². The lowest BCUT2D eigenvalue weighted by Gasteiger charge is -2.22. The first-order valence-electron chi connectivity index (χ1n) is 7.78. The van der Waals surface area contributed by atoms with Gasteiger partial charge in [-0.25, -0.2) is 4.98 Å². The van der Waals surface area contributed by atoms with Gasteiger partial charge >= 0.3 is 0 Å². The standard InChI is InChI=1S/C19H16N2OS2/c1-13-12-23-19(20-13)21(15-8-3-2-4-9-15)18(22)17-11-14-7-5-6-10-16(14)24-17/h2-10,12,17H,11H2,1H3. The Labute approximate surface area is 149 Å². The highest BCUT2D eigenvalue weighted by atomic mass is 32.2. The highest BCUT2D eigenvalue weighted by Gasteiger charge is 2.33. The van der Waals surface area contributed by atoms with Crippen molar-refractivity contribution in [1.29, 1.82) is 0 Å². The summed E-state index contributed by atoms with van der Waals surface area (Å²) < 4.78 is 0. The maximum atomic E-state index is 13.3. The van der Waals surface area contributed by atoms with E-state index in [0.717, 1.165) is 22.9 Å². The Bertz CT molecular complexity index is 851. The highest BCUT2D eigenvalue weighted by molar-refractivity contribution is 8.01. The first-order valence-corrected chi connectivity index (χ1v) is 9.54. The second kappa shape index (κ2) is 6.42. The van der Waals surface area contributed by atoms with Gasteiger partial charge in [-0.2, -0.15) is 0 Å². The molecule has 120 valence electrons. The Balaban J connectivity index is 1.68. The van der Waals surface area contributed by atoms with Crippen molar-refractivity contribution in [1.82, 2.24) is 4.98 Å². The van der Waals surface area contributed by atoms with Crippen LogP contribution in [-0.2, 0) is 11.2 Å². The van der Waals surface area contributed by atoms with E-state index in [0.29, 0.717) is 0 Å². The Kier molecular flexibility index (Phi) is 4.12. The fourth-order valence-corrected chi connectivity index (χ4v) is 4.88. The van der Waals surface area contributed by atoms with Crippen molar-refractivity contribution in [2.75, 3.05) is 4.90 Å². The van der Waals surface area contributed by atoms with Crippen LogP contribution >= 0.6 is 23.1 Å². The third-order valence-corrected chi connectivity index (χ3v) is 6.20. The quantitative estimate of drug-likeness (QED) is 0.677. The molecule has 0 radical (unpaired) electrons. The van der Waals surface area contributed by atoms with E-state index >= 15 is 0 Å². The smallest absolute Gasteiger partial charge is 0.247 e. The molecule has 3 nitrogen and oxygen atoms in total. The van der Waals surface area contributed by atoms with Crippen molar-refractivity contribution in [2.24, 2.45) is 0 Å². The molecule has 1 atom stereocenters. The maximum absolute atomic E-state index is 13.3. The molecule has 1 aliphatic heterocycles. The summed E-state index contributed by atoms with van der Waals surface area (Å²) >= 11 is 3.16. The average molecular weight is 352 g/mol. The molecule has 0 N–H and O–H groups in total. The van der Waals surface area contributed by atoms with Crippen molar-refractivity contribution in [3.05, 3.63) is 71.2 Å². The van der Waals surface area contributed by atoms with E-state index in [1.165, 1.54) is 21.8 Å². The SMILES string of the molecule is Cc1csc(N(C(=O)C2Cc3ccccc3S2)c2ccccc2)n1. The number of fused-ring (bicyclic) bond motifs is 1. The van der Waals surface area contributed by atoms with Crippen molar-refractivity contribution in [2.45, 2.75) is 23.5 Å². The maximum Gasteiger partial charge on any atom is 0.247 e. The normalized spacial score (nSPS) is 16.0. The van der Waals surface area contributed by atoms with Gasteiger partial charge in [0.25, 0.3) is 0 Å². The zero-order chi connectivity index (χ0) is 16.5. The van der Waals surface area contributed by atoms with E-state index in [4.69, 9.17) is 0 Å². The summed E-state index contributed by atoms with van der Waals surface area (Å²) in [5.74, 6) is 0.0942. The Morgan fingerprint density at radius 3 is 2.58 bits per heavy atom. The molecule has 5 heteroatoms. The lowest BCUT2D eigenvalue weighted by Crippen LogP contribution is -2.34. The first kappa shape index (κ1) is 15.4. The summed E-state index contributed by atoms with van der Waals surface area (Å²) in [6.45, 7) is 1.95. The summed E-state index contributed by atoms with van der Waals surface area (Å²) in [6.07, 6.45) is 0.771. The fourth-order valence-electron chi connectivity index (χ4n) is 2.82. The lowest BCUT2D eigenvalue weighted by molar-refractivity contribution is -0.117. The molecule has 2 heterocycles. The average Bonchev–Trinajstić information content (AvgIpc) is 3.22. The largest absolute Gasteiger partial charge is 0.273 e. The summed E-state index contributed by atoms with van der Waals surface area (Å²) in [5.41, 5.74) is 3.06. The van der Waals surface area contributed by atoms with Crippen LogP contribution in [0.5, 0.6) is 0 Å². The van der Waals surface area contributed by atoms with Crippen LogP contribution in [0.2, 0.25) is 0 Å². The van der Waals surface area contributed by atoms with Crippen LogP contribution in [0, 0.1) is 6.92 Å². The molecule has 0 aliphatic carbocycles. The Morgan fingerprint density at radius 1 is 1.12 bits per heavy atom. The summed E-state index contributed by atoms with van der Waals surface area (Å²) in [5, 5.41) is 2.61. The molecular formula is C19H16N2OS2. The monoisotopic (exact) mass is 352 g/mol. The molecule has 2 aromatic carbocycles. The van der Waals surface area contributed by atoms with Gasteiger partial charge in [0.1, 0.15) is 0 Å². The minimum atomic E-state index is -0.105. The second-order valence-corrected chi connectivity index (χ2v) is 7.78. The molecule has 1 aromatic heterocycles. The van der Waals surface area contributed by atoms with Gasteiger partial charge < -0.3 is 0 Å². The van der Waals surface area contributed by atoms with E-state index in [1.54, 1.807) is 16.7 Å². The lowest BCUT2D eigenvalue weighted by atomic mass is 10.1. The molecule has 24 heavy (non-hydrogen) atoms. The van der Waals surface area contributed by atoms with Crippen molar-refractivity contribution in [3.63, 3.8) is 0 Å². The third-order valence-electron chi connectivity index (χ3n) is 3.96. The molecule has 1 aliphatic rings. The molecule has 0 fully saturated rings. The van der Waals surface area contributed by atoms with Crippen LogP contribution in [0.15, 0.2) is 64.9 Å². The van der Waals surface area contributed by atoms with Gasteiger partial charge in [0.2, 0.25) is 5.91 Å². The zero-order valence-electron chi connectivity index (χ0n) is 13.2. The molecule has 0 bridgehead atoms. The van der Waals surface area contributed by atoms with Crippen LogP contribution < -0.4 is 4.90 Å². The topological polar surface area (TPSA) is 33.2 Å². The number of thiazole rings is 1. The van der Waals surface area contributed by atoms with Crippen LogP contribution in [0.25, 0.3) is 0 Å². The van der Waals surface area contributed by atoms with Gasteiger partial charge in [0, 0.05) is 10.3 Å². The molecule has 4 rings (SSSR count). The van der Waals surface area contributed by atoms with E-state index < -0.39 is 0 Å². The van der Waals surface area contributed by atoms with Crippen molar-refractivity contribution >= 4 is 39.8 Å². The number of aromatic nitrogens is 1. The first-order chi connectivity index (χ1) is 11.7. The summed E-state index contributed by atoms with van der Waals surface area (Å²) in [4.78, 5) is 20.8. The van der Waals surface area contributed by atoms with Crippen molar-refractivity contribution in [3.8, 4) is 0 Å². The number of rotatable bonds is 3. The number of aryl methyl sites for hydroxylation is 1. The van der Waals surface area contributed by atoms with Crippen molar-refractivity contribution < 1.29 is 4.79 Å². The summed E-state index contributed by atoms with van der Waals surface area (Å²) in [6, 6.07) is 18.0. The second-order valence-electron chi connectivity index (χ2n) is 5.70. The van der Waals surface area contributed by atoms with Crippen LogP contribution in [0.3, 0.4) is 0 Å². The molecule has 1 unspecified atom stereocenters. The number of carbonyl (C=O) groups excluding carboxylic acids is 1. The fraction of sp³-hybridized carbons (Fsp3) is 0.158. The van der Waals surface area contributed by atoms with E-state index in [-0.39, 0.29) is 11.2 Å². The highest BCUT2D eigenvalue weighted by Crippen LogP contribution is 2.40. The number of carbonyl (C=O) groups is 1. The molecular weight excluding hydrogens is 336 g/mol. The number of amides is 1. The van der Waals surface area contributed by atoms with Gasteiger partial charge in [0.05, 0.1) is 16.6 Å². The van der Waals surface area contributed by atoms with E-state index in [9.17, 15) is 4.79 Å². The molecule has 0 spiro atoms. The number of thioether (sulfide) groups is 1. The molecule has 1 amide bonds. The number of para-hydroxylation sites is 1. The van der Waals surface area contributed by atoms with Gasteiger partial charge in [0.15, 0.2) is 5.13 Å². The third kappa shape index (κ3) is 2.85. The van der Waals surface area contributed by atoms with E-state index in [2.05, 4.69) is 17.1 Å².